The van der Waals surface area contributed by atoms with Crippen LogP contribution < -0.4 is 0 Å². The molecule has 0 saturated carbocycles. The van der Waals surface area contributed by atoms with Gasteiger partial charge in [-0.2, -0.15) is 0 Å². The zero-order valence-corrected chi connectivity index (χ0v) is 9.27. The van der Waals surface area contributed by atoms with E-state index in [1.807, 2.05) is 25.1 Å². The average molecular weight is 219 g/mol. The molecule has 1 atom stereocenters. The van der Waals surface area contributed by atoms with E-state index in [1.165, 1.54) is 7.05 Å². The number of likely N-dealkylation sites (N-methyl/N-ethyl adjacent to an activating group) is 1. The summed E-state index contributed by atoms with van der Waals surface area (Å²) in [4.78, 5) is 24.5. The Balaban J connectivity index is 2.50. The zero-order chi connectivity index (χ0) is 11.8. The number of cyclic esters (lactones) is 1. The summed E-state index contributed by atoms with van der Waals surface area (Å²) < 4.78 is 5.25. The van der Waals surface area contributed by atoms with Crippen LogP contribution in [0.3, 0.4) is 0 Å². The molecule has 0 aromatic heterocycles. The molecule has 1 aromatic carbocycles. The number of amides is 2. The van der Waals surface area contributed by atoms with E-state index in [4.69, 9.17) is 4.74 Å². The first kappa shape index (κ1) is 10.7. The molecular weight excluding hydrogens is 206 g/mol. The molecule has 84 valence electrons. The lowest BCUT2D eigenvalue weighted by Crippen LogP contribution is -2.36. The standard InChI is InChI=1S/C12H13NO3/c1-3-12(9-7-5-4-6-8-9)10(14)13(2)11(15)16-12/h4-8H,3H2,1-2H3/t12-/m1/s1. The third kappa shape index (κ3) is 1.30. The number of carbonyl (C=O) groups excluding carboxylic acids is 2. The maximum absolute atomic E-state index is 12.0. The van der Waals surface area contributed by atoms with Gasteiger partial charge < -0.3 is 4.74 Å². The molecule has 1 aliphatic rings. The van der Waals surface area contributed by atoms with Crippen LogP contribution in [0.5, 0.6) is 0 Å². The summed E-state index contributed by atoms with van der Waals surface area (Å²) in [5, 5.41) is 0. The molecule has 0 bridgehead atoms. The molecule has 0 N–H and O–H groups in total. The summed E-state index contributed by atoms with van der Waals surface area (Å²) in [5.41, 5.74) is -0.409. The highest BCUT2D eigenvalue weighted by molar-refractivity contribution is 6.03. The van der Waals surface area contributed by atoms with Crippen LogP contribution in [0.4, 0.5) is 4.79 Å². The number of hydrogen-bond acceptors (Lipinski definition) is 3. The number of hydrogen-bond donors (Lipinski definition) is 0. The van der Waals surface area contributed by atoms with Crippen LogP contribution in [0.2, 0.25) is 0 Å². The quantitative estimate of drug-likeness (QED) is 0.763. The number of ether oxygens (including phenoxy) is 1. The third-order valence-electron chi connectivity index (χ3n) is 2.92. The average Bonchev–Trinajstić information content (AvgIpc) is 2.55. The molecule has 1 aromatic rings. The van der Waals surface area contributed by atoms with Crippen molar-refractivity contribution in [3.8, 4) is 0 Å². The summed E-state index contributed by atoms with van der Waals surface area (Å²) in [5.74, 6) is -0.300. The molecule has 0 unspecified atom stereocenters. The predicted molar refractivity (Wildman–Crippen MR) is 57.7 cm³/mol. The van der Waals surface area contributed by atoms with Crippen LogP contribution in [0.15, 0.2) is 30.3 Å². The van der Waals surface area contributed by atoms with Crippen molar-refractivity contribution in [1.29, 1.82) is 0 Å². The molecule has 1 fully saturated rings. The third-order valence-corrected chi connectivity index (χ3v) is 2.92. The van der Waals surface area contributed by atoms with E-state index in [0.29, 0.717) is 6.42 Å². The van der Waals surface area contributed by atoms with Gasteiger partial charge in [-0.25, -0.2) is 9.69 Å². The second-order valence-electron chi connectivity index (χ2n) is 3.78. The Morgan fingerprint density at radius 3 is 2.31 bits per heavy atom. The lowest BCUT2D eigenvalue weighted by Gasteiger charge is -2.23. The number of carbonyl (C=O) groups is 2. The molecule has 4 nitrogen and oxygen atoms in total. The Hall–Kier alpha value is -1.84. The highest BCUT2D eigenvalue weighted by Gasteiger charge is 2.52. The smallest absolute Gasteiger partial charge is 0.417 e. The molecule has 16 heavy (non-hydrogen) atoms. The lowest BCUT2D eigenvalue weighted by molar-refractivity contribution is -0.137. The van der Waals surface area contributed by atoms with Crippen molar-refractivity contribution in [3.05, 3.63) is 35.9 Å². The first-order chi connectivity index (χ1) is 7.62. The Morgan fingerprint density at radius 2 is 1.88 bits per heavy atom. The highest BCUT2D eigenvalue weighted by atomic mass is 16.6. The van der Waals surface area contributed by atoms with Gasteiger partial charge in [-0.3, -0.25) is 4.79 Å². The van der Waals surface area contributed by atoms with Gasteiger partial charge >= 0.3 is 6.09 Å². The second kappa shape index (κ2) is 3.63. The molecule has 4 heteroatoms. The minimum absolute atomic E-state index is 0.300. The van der Waals surface area contributed by atoms with Gasteiger partial charge in [0.25, 0.3) is 5.91 Å². The van der Waals surface area contributed by atoms with Gasteiger partial charge in [-0.05, 0) is 6.42 Å². The van der Waals surface area contributed by atoms with E-state index in [1.54, 1.807) is 12.1 Å². The van der Waals surface area contributed by atoms with Gasteiger partial charge in [0, 0.05) is 12.6 Å². The molecule has 1 heterocycles. The molecule has 2 amide bonds. The minimum atomic E-state index is -1.13. The topological polar surface area (TPSA) is 46.6 Å². The van der Waals surface area contributed by atoms with Gasteiger partial charge in [0.1, 0.15) is 0 Å². The van der Waals surface area contributed by atoms with Crippen LogP contribution in [0.1, 0.15) is 18.9 Å². The SMILES string of the molecule is CC[C@]1(c2ccccc2)OC(=O)N(C)C1=O. The molecule has 1 aliphatic heterocycles. The summed E-state index contributed by atoms with van der Waals surface area (Å²) in [6, 6.07) is 9.11. The van der Waals surface area contributed by atoms with Crippen molar-refractivity contribution >= 4 is 12.0 Å². The van der Waals surface area contributed by atoms with E-state index >= 15 is 0 Å². The monoisotopic (exact) mass is 219 g/mol. The second-order valence-corrected chi connectivity index (χ2v) is 3.78. The molecule has 1 saturated heterocycles. The first-order valence-electron chi connectivity index (χ1n) is 5.18. The Bertz CT molecular complexity index is 429. The molecule has 2 rings (SSSR count). The minimum Gasteiger partial charge on any atom is -0.427 e. The number of rotatable bonds is 2. The van der Waals surface area contributed by atoms with Gasteiger partial charge in [0.2, 0.25) is 5.60 Å². The van der Waals surface area contributed by atoms with Crippen LogP contribution in [0, 0.1) is 0 Å². The molecule has 0 aliphatic carbocycles. The van der Waals surface area contributed by atoms with Crippen molar-refractivity contribution in [2.24, 2.45) is 0 Å². The fourth-order valence-electron chi connectivity index (χ4n) is 1.93. The largest absolute Gasteiger partial charge is 0.427 e. The fourth-order valence-corrected chi connectivity index (χ4v) is 1.93. The summed E-state index contributed by atoms with van der Waals surface area (Å²) in [7, 11) is 1.44. The fraction of sp³-hybridized carbons (Fsp3) is 0.333. The normalized spacial score (nSPS) is 24.8. The number of benzene rings is 1. The highest BCUT2D eigenvalue weighted by Crippen LogP contribution is 2.36. The van der Waals surface area contributed by atoms with Crippen molar-refractivity contribution in [3.63, 3.8) is 0 Å². The van der Waals surface area contributed by atoms with Gasteiger partial charge in [0.15, 0.2) is 0 Å². The van der Waals surface area contributed by atoms with E-state index in [-0.39, 0.29) is 5.91 Å². The number of nitrogens with zero attached hydrogens (tertiary/aromatic N) is 1. The zero-order valence-electron chi connectivity index (χ0n) is 9.27. The maximum Gasteiger partial charge on any atom is 0.417 e. The lowest BCUT2D eigenvalue weighted by atomic mass is 9.90. The summed E-state index contributed by atoms with van der Waals surface area (Å²) in [6.07, 6.45) is -0.151. The van der Waals surface area contributed by atoms with E-state index in [0.717, 1.165) is 10.5 Å². The number of imide groups is 1. The van der Waals surface area contributed by atoms with Gasteiger partial charge in [-0.1, -0.05) is 37.3 Å². The van der Waals surface area contributed by atoms with Crippen LogP contribution >= 0.6 is 0 Å². The molecular formula is C12H13NO3. The van der Waals surface area contributed by atoms with Crippen LogP contribution in [-0.4, -0.2) is 23.9 Å². The van der Waals surface area contributed by atoms with Crippen molar-refractivity contribution < 1.29 is 14.3 Å². The maximum atomic E-state index is 12.0. The van der Waals surface area contributed by atoms with Gasteiger partial charge in [0.05, 0.1) is 0 Å². The van der Waals surface area contributed by atoms with Crippen LogP contribution in [0.25, 0.3) is 0 Å². The molecule has 0 spiro atoms. The van der Waals surface area contributed by atoms with Crippen molar-refractivity contribution in [2.45, 2.75) is 18.9 Å². The Kier molecular flexibility index (Phi) is 2.42. The van der Waals surface area contributed by atoms with Crippen molar-refractivity contribution in [1.82, 2.24) is 4.90 Å². The summed E-state index contributed by atoms with van der Waals surface area (Å²) in [6.45, 7) is 1.83. The van der Waals surface area contributed by atoms with E-state index < -0.39 is 11.7 Å². The first-order valence-corrected chi connectivity index (χ1v) is 5.18. The van der Waals surface area contributed by atoms with E-state index in [2.05, 4.69) is 0 Å². The Labute approximate surface area is 93.8 Å². The summed E-state index contributed by atoms with van der Waals surface area (Å²) >= 11 is 0. The van der Waals surface area contributed by atoms with Crippen molar-refractivity contribution in [2.75, 3.05) is 7.05 Å². The van der Waals surface area contributed by atoms with Gasteiger partial charge in [-0.15, -0.1) is 0 Å². The molecule has 0 radical (unpaired) electrons. The van der Waals surface area contributed by atoms with E-state index in [9.17, 15) is 9.59 Å². The van der Waals surface area contributed by atoms with Crippen LogP contribution in [-0.2, 0) is 15.1 Å². The predicted octanol–water partition coefficient (Wildman–Crippen LogP) is 1.90. The Morgan fingerprint density at radius 1 is 1.25 bits per heavy atom.